The van der Waals surface area contributed by atoms with Crippen molar-refractivity contribution in [3.8, 4) is 0 Å². The Bertz CT molecular complexity index is 463. The Morgan fingerprint density at radius 1 is 1.39 bits per heavy atom. The molecule has 0 aliphatic carbocycles. The van der Waals surface area contributed by atoms with Crippen LogP contribution in [0.15, 0.2) is 17.1 Å². The lowest BCUT2D eigenvalue weighted by molar-refractivity contribution is -0.138. The fourth-order valence-corrected chi connectivity index (χ4v) is 1.58. The van der Waals surface area contributed by atoms with Crippen LogP contribution >= 0.6 is 0 Å². The number of aromatic nitrogens is 1. The van der Waals surface area contributed by atoms with E-state index in [0.717, 1.165) is 16.8 Å². The Labute approximate surface area is 103 Å². The zero-order valence-corrected chi connectivity index (χ0v) is 10.5. The second-order valence-electron chi connectivity index (χ2n) is 4.33. The fourth-order valence-electron chi connectivity index (χ4n) is 1.58. The third-order valence-electron chi connectivity index (χ3n) is 2.60. The summed E-state index contributed by atoms with van der Waals surface area (Å²) in [7, 11) is 1.43. The van der Waals surface area contributed by atoms with Gasteiger partial charge in [0.05, 0.1) is 12.2 Å². The number of hydrogen-bond donors (Lipinski definition) is 0. The lowest BCUT2D eigenvalue weighted by Gasteiger charge is -2.15. The van der Waals surface area contributed by atoms with Gasteiger partial charge in [-0.25, -0.2) is 0 Å². The second kappa shape index (κ2) is 5.56. The van der Waals surface area contributed by atoms with Gasteiger partial charge in [-0.15, -0.1) is 0 Å². The molecule has 0 aliphatic heterocycles. The van der Waals surface area contributed by atoms with E-state index in [0.29, 0.717) is 0 Å². The van der Waals surface area contributed by atoms with Gasteiger partial charge in [0.15, 0.2) is 0 Å². The van der Waals surface area contributed by atoms with E-state index < -0.39 is 17.3 Å². The predicted molar refractivity (Wildman–Crippen MR) is 61.7 cm³/mol. The summed E-state index contributed by atoms with van der Waals surface area (Å²) < 4.78 is 44.0. The second-order valence-corrected chi connectivity index (χ2v) is 4.33. The van der Waals surface area contributed by atoms with Gasteiger partial charge in [-0.2, -0.15) is 13.2 Å². The maximum absolute atomic E-state index is 12.7. The lowest BCUT2D eigenvalue weighted by atomic mass is 10.0. The predicted octanol–water partition coefficient (Wildman–Crippen LogP) is 2.64. The van der Waals surface area contributed by atoms with Crippen molar-refractivity contribution in [2.45, 2.75) is 32.5 Å². The summed E-state index contributed by atoms with van der Waals surface area (Å²) in [4.78, 5) is 11.9. The summed E-state index contributed by atoms with van der Waals surface area (Å²) in [5.41, 5.74) is -1.03. The third-order valence-corrected chi connectivity index (χ3v) is 2.60. The van der Waals surface area contributed by atoms with Crippen LogP contribution in [0.4, 0.5) is 13.2 Å². The fraction of sp³-hybridized carbons (Fsp3) is 0.583. The Hall–Kier alpha value is -1.30. The zero-order chi connectivity index (χ0) is 13.9. The molecule has 0 radical (unpaired) electrons. The molecule has 1 heterocycles. The number of halogens is 3. The van der Waals surface area contributed by atoms with E-state index >= 15 is 0 Å². The average molecular weight is 263 g/mol. The first kappa shape index (κ1) is 14.8. The topological polar surface area (TPSA) is 31.2 Å². The van der Waals surface area contributed by atoms with Crippen molar-refractivity contribution in [2.24, 2.45) is 0 Å². The number of alkyl halides is 3. The maximum atomic E-state index is 12.7. The van der Waals surface area contributed by atoms with Gasteiger partial charge in [0.1, 0.15) is 0 Å². The Balaban J connectivity index is 3.33. The zero-order valence-electron chi connectivity index (χ0n) is 10.5. The molecule has 18 heavy (non-hydrogen) atoms. The number of methoxy groups -OCH3 is 1. The first-order chi connectivity index (χ1) is 8.27. The molecule has 0 spiro atoms. The van der Waals surface area contributed by atoms with Crippen LogP contribution in [0.5, 0.6) is 0 Å². The van der Waals surface area contributed by atoms with E-state index in [-0.39, 0.29) is 24.6 Å². The van der Waals surface area contributed by atoms with Crippen molar-refractivity contribution in [1.29, 1.82) is 0 Å². The molecule has 0 saturated heterocycles. The molecular formula is C12H16F3NO2. The van der Waals surface area contributed by atoms with Crippen LogP contribution in [0, 0.1) is 0 Å². The van der Waals surface area contributed by atoms with Crippen molar-refractivity contribution in [1.82, 2.24) is 4.57 Å². The Kier molecular flexibility index (Phi) is 4.56. The molecule has 1 aromatic rings. The van der Waals surface area contributed by atoms with Crippen LogP contribution < -0.4 is 5.56 Å². The van der Waals surface area contributed by atoms with Crippen LogP contribution in [0.3, 0.4) is 0 Å². The monoisotopic (exact) mass is 263 g/mol. The van der Waals surface area contributed by atoms with E-state index in [9.17, 15) is 18.0 Å². The number of nitrogens with zero attached hydrogens (tertiary/aromatic N) is 1. The molecule has 0 fully saturated rings. The summed E-state index contributed by atoms with van der Waals surface area (Å²) >= 11 is 0. The van der Waals surface area contributed by atoms with E-state index in [1.807, 2.05) is 0 Å². The SMILES string of the molecule is COCCn1cc(C(F)(F)F)cc(C(C)C)c1=O. The first-order valence-corrected chi connectivity index (χ1v) is 5.58. The van der Waals surface area contributed by atoms with Crippen molar-refractivity contribution < 1.29 is 17.9 Å². The number of ether oxygens (including phenoxy) is 1. The average Bonchev–Trinajstić information content (AvgIpc) is 2.25. The molecule has 0 aromatic carbocycles. The van der Waals surface area contributed by atoms with Gasteiger partial charge in [0.2, 0.25) is 0 Å². The molecule has 102 valence electrons. The van der Waals surface area contributed by atoms with Gasteiger partial charge in [-0.1, -0.05) is 13.8 Å². The molecule has 0 aliphatic rings. The third kappa shape index (κ3) is 3.35. The summed E-state index contributed by atoms with van der Waals surface area (Å²) in [5, 5.41) is 0. The molecule has 6 heteroatoms. The normalized spacial score (nSPS) is 12.2. The molecule has 1 rings (SSSR count). The molecule has 0 atom stereocenters. The summed E-state index contributed by atoms with van der Waals surface area (Å²) in [5.74, 6) is -0.256. The van der Waals surface area contributed by atoms with E-state index in [4.69, 9.17) is 4.74 Å². The van der Waals surface area contributed by atoms with Gasteiger partial charge < -0.3 is 9.30 Å². The first-order valence-electron chi connectivity index (χ1n) is 5.58. The van der Waals surface area contributed by atoms with Gasteiger partial charge in [-0.05, 0) is 12.0 Å². The molecule has 1 aromatic heterocycles. The van der Waals surface area contributed by atoms with Gasteiger partial charge in [0, 0.05) is 25.4 Å². The summed E-state index contributed by atoms with van der Waals surface area (Å²) in [6.45, 7) is 3.69. The van der Waals surface area contributed by atoms with Crippen LogP contribution in [0.25, 0.3) is 0 Å². The Morgan fingerprint density at radius 2 is 2.00 bits per heavy atom. The van der Waals surface area contributed by atoms with Crippen LogP contribution in [0.1, 0.15) is 30.9 Å². The van der Waals surface area contributed by atoms with Gasteiger partial charge in [-0.3, -0.25) is 4.79 Å². The van der Waals surface area contributed by atoms with Crippen LogP contribution in [-0.2, 0) is 17.5 Å². The number of pyridine rings is 1. The van der Waals surface area contributed by atoms with Crippen molar-refractivity contribution in [3.05, 3.63) is 33.7 Å². The van der Waals surface area contributed by atoms with Crippen LogP contribution in [-0.4, -0.2) is 18.3 Å². The molecule has 0 amide bonds. The van der Waals surface area contributed by atoms with E-state index in [2.05, 4.69) is 0 Å². The molecule has 0 N–H and O–H groups in total. The van der Waals surface area contributed by atoms with E-state index in [1.54, 1.807) is 13.8 Å². The summed E-state index contributed by atoms with van der Waals surface area (Å²) in [6, 6.07) is 0.927. The number of hydrogen-bond acceptors (Lipinski definition) is 2. The van der Waals surface area contributed by atoms with Gasteiger partial charge >= 0.3 is 6.18 Å². The van der Waals surface area contributed by atoms with Gasteiger partial charge in [0.25, 0.3) is 5.56 Å². The minimum atomic E-state index is -4.45. The molecule has 0 unspecified atom stereocenters. The van der Waals surface area contributed by atoms with E-state index in [1.165, 1.54) is 7.11 Å². The number of rotatable bonds is 4. The highest BCUT2D eigenvalue weighted by Crippen LogP contribution is 2.29. The Morgan fingerprint density at radius 3 is 2.44 bits per heavy atom. The molecular weight excluding hydrogens is 247 g/mol. The van der Waals surface area contributed by atoms with Crippen molar-refractivity contribution in [3.63, 3.8) is 0 Å². The quantitative estimate of drug-likeness (QED) is 0.836. The standard InChI is InChI=1S/C12H16F3NO2/c1-8(2)10-6-9(12(13,14)15)7-16(11(10)17)4-5-18-3/h6-8H,4-5H2,1-3H3. The lowest BCUT2D eigenvalue weighted by Crippen LogP contribution is -2.27. The highest BCUT2D eigenvalue weighted by atomic mass is 19.4. The molecule has 0 saturated carbocycles. The minimum Gasteiger partial charge on any atom is -0.383 e. The highest BCUT2D eigenvalue weighted by Gasteiger charge is 2.32. The minimum absolute atomic E-state index is 0.110. The largest absolute Gasteiger partial charge is 0.417 e. The smallest absolute Gasteiger partial charge is 0.383 e. The molecule has 0 bridgehead atoms. The molecule has 3 nitrogen and oxygen atoms in total. The summed E-state index contributed by atoms with van der Waals surface area (Å²) in [6.07, 6.45) is -3.61. The highest BCUT2D eigenvalue weighted by molar-refractivity contribution is 5.24. The van der Waals surface area contributed by atoms with Crippen molar-refractivity contribution >= 4 is 0 Å². The van der Waals surface area contributed by atoms with Crippen molar-refractivity contribution in [2.75, 3.05) is 13.7 Å². The van der Waals surface area contributed by atoms with Crippen LogP contribution in [0.2, 0.25) is 0 Å². The maximum Gasteiger partial charge on any atom is 0.417 e.